The normalized spacial score (nSPS) is 21.7. The van der Waals surface area contributed by atoms with E-state index in [9.17, 15) is 14.0 Å². The van der Waals surface area contributed by atoms with Crippen molar-refractivity contribution in [3.8, 4) is 0 Å². The van der Waals surface area contributed by atoms with Crippen molar-refractivity contribution in [2.24, 2.45) is 0 Å². The summed E-state index contributed by atoms with van der Waals surface area (Å²) in [5.41, 5.74) is 3.63. The van der Waals surface area contributed by atoms with Gasteiger partial charge in [0.2, 0.25) is 11.8 Å². The Balaban J connectivity index is 1.29. The Hall–Kier alpha value is -3.42. The number of nitrogens with one attached hydrogen (secondary N) is 1. The van der Waals surface area contributed by atoms with E-state index in [-0.39, 0.29) is 30.1 Å². The average molecular weight is 506 g/mol. The van der Waals surface area contributed by atoms with Gasteiger partial charge < -0.3 is 19.7 Å². The van der Waals surface area contributed by atoms with Gasteiger partial charge in [0.15, 0.2) is 5.82 Å². The largest absolute Gasteiger partial charge is 0.365 e. The molecule has 37 heavy (non-hydrogen) atoms. The Kier molecular flexibility index (Phi) is 7.17. The van der Waals surface area contributed by atoms with E-state index >= 15 is 0 Å². The number of amides is 2. The van der Waals surface area contributed by atoms with Crippen LogP contribution in [0.5, 0.6) is 0 Å². The first-order chi connectivity index (χ1) is 17.9. The number of aromatic nitrogens is 2. The number of halogens is 1. The summed E-state index contributed by atoms with van der Waals surface area (Å²) in [5.74, 6) is -0.355. The second-order valence-corrected chi connectivity index (χ2v) is 10.5. The zero-order valence-corrected chi connectivity index (χ0v) is 21.9. The maximum absolute atomic E-state index is 14.2. The van der Waals surface area contributed by atoms with E-state index in [1.54, 1.807) is 24.3 Å². The van der Waals surface area contributed by atoms with Crippen LogP contribution in [0.4, 0.5) is 10.1 Å². The van der Waals surface area contributed by atoms with Crippen LogP contribution >= 0.6 is 0 Å². The Bertz CT molecular complexity index is 1280. The van der Waals surface area contributed by atoms with Gasteiger partial charge in [0.05, 0.1) is 17.9 Å². The van der Waals surface area contributed by atoms with Crippen molar-refractivity contribution in [2.45, 2.75) is 76.5 Å². The predicted molar refractivity (Wildman–Crippen MR) is 143 cm³/mol. The third-order valence-corrected chi connectivity index (χ3v) is 8.18. The number of anilines is 1. The second kappa shape index (κ2) is 10.5. The molecule has 8 heteroatoms. The first kappa shape index (κ1) is 25.2. The fourth-order valence-corrected chi connectivity index (χ4v) is 6.13. The summed E-state index contributed by atoms with van der Waals surface area (Å²) < 4.78 is 16.4. The lowest BCUT2D eigenvalue weighted by atomic mass is 9.95. The molecule has 0 radical (unpaired) electrons. The van der Waals surface area contributed by atoms with Crippen molar-refractivity contribution in [3.05, 3.63) is 60.2 Å². The van der Waals surface area contributed by atoms with Crippen molar-refractivity contribution < 1.29 is 14.0 Å². The molecule has 1 N–H and O–H groups in total. The summed E-state index contributed by atoms with van der Waals surface area (Å²) in [7, 11) is 1.71. The van der Waals surface area contributed by atoms with E-state index in [2.05, 4.69) is 51.0 Å². The monoisotopic (exact) mass is 505 g/mol. The lowest BCUT2D eigenvalue weighted by Crippen LogP contribution is -2.43. The van der Waals surface area contributed by atoms with E-state index in [1.165, 1.54) is 18.7 Å². The van der Waals surface area contributed by atoms with Crippen LogP contribution in [0.15, 0.2) is 48.8 Å². The molecule has 0 spiro atoms. The number of benzene rings is 2. The topological polar surface area (TPSA) is 70.5 Å². The SMILES string of the molecule is CC[C@H](NC(=O)CCN(C)C(C)=O)c1cccc(N2[C@@H]3CC[C@H]2CC(n2cnc4c(F)cccc42)C3)c1. The van der Waals surface area contributed by atoms with Crippen LogP contribution in [0.25, 0.3) is 11.0 Å². The van der Waals surface area contributed by atoms with Gasteiger partial charge in [-0.2, -0.15) is 0 Å². The number of hydrogen-bond acceptors (Lipinski definition) is 4. The highest BCUT2D eigenvalue weighted by atomic mass is 19.1. The fourth-order valence-electron chi connectivity index (χ4n) is 6.13. The number of carbonyl (C=O) groups is 2. The summed E-state index contributed by atoms with van der Waals surface area (Å²) >= 11 is 0. The Morgan fingerprint density at radius 2 is 1.86 bits per heavy atom. The van der Waals surface area contributed by atoms with Gasteiger partial charge in [-0.05, 0) is 61.9 Å². The average Bonchev–Trinajstić information content (AvgIpc) is 3.45. The number of para-hydroxylation sites is 1. The first-order valence-electron chi connectivity index (χ1n) is 13.4. The predicted octanol–water partition coefficient (Wildman–Crippen LogP) is 4.98. The molecule has 1 unspecified atom stereocenters. The maximum Gasteiger partial charge on any atom is 0.222 e. The molecular weight excluding hydrogens is 469 g/mol. The molecule has 5 rings (SSSR count). The number of hydrogen-bond donors (Lipinski definition) is 1. The Morgan fingerprint density at radius 1 is 1.14 bits per heavy atom. The van der Waals surface area contributed by atoms with E-state index in [0.717, 1.165) is 43.2 Å². The summed E-state index contributed by atoms with van der Waals surface area (Å²) in [6.45, 7) is 3.99. The van der Waals surface area contributed by atoms with Crippen LogP contribution in [0, 0.1) is 5.82 Å². The van der Waals surface area contributed by atoms with Gasteiger partial charge in [0.1, 0.15) is 5.52 Å². The van der Waals surface area contributed by atoms with Gasteiger partial charge in [0.25, 0.3) is 0 Å². The Labute approximate surface area is 217 Å². The van der Waals surface area contributed by atoms with Crippen LogP contribution in [-0.2, 0) is 9.59 Å². The standard InChI is InChI=1S/C29H36FN5O2/c1-4-26(32-28(37)13-14-33(3)19(2)36)20-7-5-8-21(15-20)35-22-11-12-23(35)17-24(16-22)34-18-31-29-25(30)9-6-10-27(29)34/h5-10,15,18,22-24,26H,4,11-14,16-17H2,1-3H3,(H,32,37)/t22-,23+,24?,26-/m0/s1. The van der Waals surface area contributed by atoms with Crippen LogP contribution in [0.2, 0.25) is 0 Å². The molecule has 0 saturated carbocycles. The minimum Gasteiger partial charge on any atom is -0.365 e. The number of fused-ring (bicyclic) bond motifs is 3. The smallest absolute Gasteiger partial charge is 0.222 e. The van der Waals surface area contributed by atoms with E-state index in [1.807, 2.05) is 6.07 Å². The fraction of sp³-hybridized carbons (Fsp3) is 0.483. The molecule has 4 atom stereocenters. The molecule has 0 aliphatic carbocycles. The molecule has 2 fully saturated rings. The van der Waals surface area contributed by atoms with Gasteiger partial charge in [-0.3, -0.25) is 9.59 Å². The maximum atomic E-state index is 14.2. The van der Waals surface area contributed by atoms with E-state index < -0.39 is 0 Å². The number of rotatable bonds is 8. The summed E-state index contributed by atoms with van der Waals surface area (Å²) in [4.78, 5) is 32.5. The van der Waals surface area contributed by atoms with Gasteiger partial charge in [-0.25, -0.2) is 9.37 Å². The van der Waals surface area contributed by atoms with E-state index in [4.69, 9.17) is 0 Å². The third-order valence-electron chi connectivity index (χ3n) is 8.18. The molecule has 3 heterocycles. The third kappa shape index (κ3) is 5.06. The van der Waals surface area contributed by atoms with Crippen LogP contribution in [0.1, 0.15) is 70.0 Å². The quantitative estimate of drug-likeness (QED) is 0.469. The van der Waals surface area contributed by atoms with Crippen molar-refractivity contribution in [3.63, 3.8) is 0 Å². The molecule has 2 aliphatic heterocycles. The summed E-state index contributed by atoms with van der Waals surface area (Å²) in [5, 5.41) is 3.16. The molecule has 196 valence electrons. The number of piperidine rings is 1. The molecule has 2 bridgehead atoms. The molecule has 3 aromatic rings. The molecule has 2 aliphatic rings. The summed E-state index contributed by atoms with van der Waals surface area (Å²) in [6.07, 6.45) is 7.17. The molecule has 1 aromatic heterocycles. The highest BCUT2D eigenvalue weighted by Gasteiger charge is 2.41. The van der Waals surface area contributed by atoms with Crippen LogP contribution in [0.3, 0.4) is 0 Å². The zero-order valence-electron chi connectivity index (χ0n) is 21.9. The number of imidazole rings is 1. The highest BCUT2D eigenvalue weighted by molar-refractivity contribution is 5.78. The van der Waals surface area contributed by atoms with E-state index in [0.29, 0.717) is 30.2 Å². The minimum absolute atomic E-state index is 0.0423. The van der Waals surface area contributed by atoms with Gasteiger partial charge in [-0.1, -0.05) is 25.1 Å². The lowest BCUT2D eigenvalue weighted by Gasteiger charge is -2.41. The van der Waals surface area contributed by atoms with Crippen molar-refractivity contribution in [2.75, 3.05) is 18.5 Å². The molecule has 2 saturated heterocycles. The van der Waals surface area contributed by atoms with Crippen molar-refractivity contribution in [1.29, 1.82) is 0 Å². The van der Waals surface area contributed by atoms with Crippen molar-refractivity contribution in [1.82, 2.24) is 19.8 Å². The second-order valence-electron chi connectivity index (χ2n) is 10.5. The minimum atomic E-state index is -0.267. The van der Waals surface area contributed by atoms with Gasteiger partial charge in [0, 0.05) is 50.7 Å². The molecule has 7 nitrogen and oxygen atoms in total. The van der Waals surface area contributed by atoms with Crippen LogP contribution in [-0.4, -0.2) is 51.9 Å². The number of carbonyl (C=O) groups excluding carboxylic acids is 2. The van der Waals surface area contributed by atoms with Gasteiger partial charge >= 0.3 is 0 Å². The molecular formula is C29H36FN5O2. The Morgan fingerprint density at radius 3 is 2.57 bits per heavy atom. The zero-order chi connectivity index (χ0) is 26.1. The summed E-state index contributed by atoms with van der Waals surface area (Å²) in [6, 6.07) is 14.8. The first-order valence-corrected chi connectivity index (χ1v) is 13.4. The van der Waals surface area contributed by atoms with Crippen molar-refractivity contribution >= 4 is 28.5 Å². The van der Waals surface area contributed by atoms with Gasteiger partial charge in [-0.15, -0.1) is 0 Å². The highest BCUT2D eigenvalue weighted by Crippen LogP contribution is 2.44. The molecule has 2 amide bonds. The number of nitrogens with zero attached hydrogens (tertiary/aromatic N) is 4. The lowest BCUT2D eigenvalue weighted by molar-refractivity contribution is -0.128. The van der Waals surface area contributed by atoms with Crippen LogP contribution < -0.4 is 10.2 Å². The molecule has 2 aromatic carbocycles.